The molecule has 1 N–H and O–H groups in total. The van der Waals surface area contributed by atoms with E-state index in [9.17, 15) is 4.79 Å². The summed E-state index contributed by atoms with van der Waals surface area (Å²) in [5, 5.41) is 3.44. The van der Waals surface area contributed by atoms with E-state index in [1.54, 1.807) is 0 Å². The lowest BCUT2D eigenvalue weighted by atomic mass is 9.94. The zero-order valence-electron chi connectivity index (χ0n) is 11.8. The Morgan fingerprint density at radius 1 is 1.37 bits per heavy atom. The molecule has 1 unspecified atom stereocenters. The van der Waals surface area contributed by atoms with Gasteiger partial charge in [-0.05, 0) is 56.8 Å². The highest BCUT2D eigenvalue weighted by Crippen LogP contribution is 2.16. The fraction of sp³-hybridized carbons (Fsp3) is 0.562. The van der Waals surface area contributed by atoms with Gasteiger partial charge in [0, 0.05) is 19.2 Å². The highest BCUT2D eigenvalue weighted by Gasteiger charge is 2.14. The molecule has 0 bridgehead atoms. The van der Waals surface area contributed by atoms with Crippen molar-refractivity contribution in [2.24, 2.45) is 5.92 Å². The number of hydrogen-bond donors (Lipinski definition) is 1. The number of amides is 1. The lowest BCUT2D eigenvalue weighted by molar-refractivity contribution is 0.0790. The Hall–Kier alpha value is -1.35. The lowest BCUT2D eigenvalue weighted by Gasteiger charge is -2.24. The fourth-order valence-corrected chi connectivity index (χ4v) is 2.69. The minimum Gasteiger partial charge on any atom is -0.342 e. The Morgan fingerprint density at radius 3 is 2.84 bits per heavy atom. The molecule has 19 heavy (non-hydrogen) atoms. The van der Waals surface area contributed by atoms with Gasteiger partial charge in [-0.3, -0.25) is 4.79 Å². The largest absolute Gasteiger partial charge is 0.342 e. The van der Waals surface area contributed by atoms with E-state index in [0.29, 0.717) is 0 Å². The van der Waals surface area contributed by atoms with Gasteiger partial charge in [0.05, 0.1) is 0 Å². The monoisotopic (exact) mass is 260 g/mol. The quantitative estimate of drug-likeness (QED) is 0.882. The summed E-state index contributed by atoms with van der Waals surface area (Å²) in [6.07, 6.45) is 4.95. The number of piperidine rings is 1. The van der Waals surface area contributed by atoms with E-state index in [1.165, 1.54) is 25.8 Å². The van der Waals surface area contributed by atoms with Crippen LogP contribution in [-0.4, -0.2) is 37.5 Å². The molecule has 0 aliphatic carbocycles. The van der Waals surface area contributed by atoms with E-state index in [2.05, 4.69) is 5.32 Å². The van der Waals surface area contributed by atoms with Gasteiger partial charge in [0.2, 0.25) is 0 Å². The summed E-state index contributed by atoms with van der Waals surface area (Å²) in [5.41, 5.74) is 0.782. The number of nitrogens with one attached hydrogen (secondary N) is 1. The maximum Gasteiger partial charge on any atom is 0.253 e. The van der Waals surface area contributed by atoms with Crippen molar-refractivity contribution < 1.29 is 4.79 Å². The molecule has 1 aromatic rings. The summed E-state index contributed by atoms with van der Waals surface area (Å²) in [7, 11) is 1.90. The first kappa shape index (κ1) is 14.1. The van der Waals surface area contributed by atoms with Crippen LogP contribution in [0.2, 0.25) is 0 Å². The summed E-state index contributed by atoms with van der Waals surface area (Å²) in [5.74, 6) is 0.927. The zero-order chi connectivity index (χ0) is 13.5. The molecule has 3 heteroatoms. The molecule has 1 atom stereocenters. The normalized spacial score (nSPS) is 19.1. The molecular weight excluding hydrogens is 236 g/mol. The van der Waals surface area contributed by atoms with E-state index in [4.69, 9.17) is 0 Å². The topological polar surface area (TPSA) is 32.3 Å². The summed E-state index contributed by atoms with van der Waals surface area (Å²) in [6, 6.07) is 9.52. The van der Waals surface area contributed by atoms with Crippen molar-refractivity contribution in [3.05, 3.63) is 35.9 Å². The fourth-order valence-electron chi connectivity index (χ4n) is 2.69. The van der Waals surface area contributed by atoms with Crippen LogP contribution >= 0.6 is 0 Å². The van der Waals surface area contributed by atoms with Crippen molar-refractivity contribution >= 4 is 5.91 Å². The number of carbonyl (C=O) groups excluding carboxylic acids is 1. The number of hydrogen-bond acceptors (Lipinski definition) is 2. The number of rotatable bonds is 5. The second-order valence-corrected chi connectivity index (χ2v) is 5.45. The molecule has 2 rings (SSSR count). The molecule has 1 fully saturated rings. The summed E-state index contributed by atoms with van der Waals surface area (Å²) in [6.45, 7) is 3.17. The molecule has 1 saturated heterocycles. The van der Waals surface area contributed by atoms with Crippen molar-refractivity contribution in [1.82, 2.24) is 10.2 Å². The first-order valence-corrected chi connectivity index (χ1v) is 7.28. The van der Waals surface area contributed by atoms with Gasteiger partial charge in [0.25, 0.3) is 5.91 Å². The maximum atomic E-state index is 12.1. The maximum absolute atomic E-state index is 12.1. The van der Waals surface area contributed by atoms with Crippen LogP contribution < -0.4 is 5.32 Å². The predicted octanol–water partition coefficient (Wildman–Crippen LogP) is 2.54. The third-order valence-corrected chi connectivity index (χ3v) is 3.87. The van der Waals surface area contributed by atoms with Crippen molar-refractivity contribution in [1.29, 1.82) is 0 Å². The molecule has 0 aromatic heterocycles. The smallest absolute Gasteiger partial charge is 0.253 e. The van der Waals surface area contributed by atoms with Crippen LogP contribution in [0.1, 0.15) is 36.0 Å². The Bertz CT molecular complexity index is 385. The molecule has 104 valence electrons. The van der Waals surface area contributed by atoms with Gasteiger partial charge in [0.1, 0.15) is 0 Å². The first-order valence-electron chi connectivity index (χ1n) is 7.28. The highest BCUT2D eigenvalue weighted by atomic mass is 16.2. The van der Waals surface area contributed by atoms with E-state index in [-0.39, 0.29) is 5.91 Å². The molecule has 1 heterocycles. The van der Waals surface area contributed by atoms with Crippen molar-refractivity contribution in [3.8, 4) is 0 Å². The van der Waals surface area contributed by atoms with Crippen LogP contribution in [0.25, 0.3) is 0 Å². The zero-order valence-corrected chi connectivity index (χ0v) is 11.8. The van der Waals surface area contributed by atoms with Crippen LogP contribution in [0.5, 0.6) is 0 Å². The first-order chi connectivity index (χ1) is 9.27. The van der Waals surface area contributed by atoms with E-state index in [0.717, 1.165) is 31.0 Å². The van der Waals surface area contributed by atoms with Gasteiger partial charge in [-0.15, -0.1) is 0 Å². The second-order valence-electron chi connectivity index (χ2n) is 5.45. The van der Waals surface area contributed by atoms with E-state index < -0.39 is 0 Å². The van der Waals surface area contributed by atoms with Gasteiger partial charge in [-0.1, -0.05) is 18.2 Å². The molecule has 1 aromatic carbocycles. The van der Waals surface area contributed by atoms with Crippen LogP contribution in [0.3, 0.4) is 0 Å². The second kappa shape index (κ2) is 7.29. The lowest BCUT2D eigenvalue weighted by Crippen LogP contribution is -2.31. The van der Waals surface area contributed by atoms with E-state index in [1.807, 2.05) is 42.3 Å². The average Bonchev–Trinajstić information content (AvgIpc) is 2.48. The molecule has 0 spiro atoms. The average molecular weight is 260 g/mol. The van der Waals surface area contributed by atoms with Gasteiger partial charge in [0.15, 0.2) is 0 Å². The van der Waals surface area contributed by atoms with E-state index >= 15 is 0 Å². The summed E-state index contributed by atoms with van der Waals surface area (Å²) < 4.78 is 0. The molecular formula is C16H24N2O. The number of benzene rings is 1. The molecule has 0 saturated carbocycles. The third-order valence-electron chi connectivity index (χ3n) is 3.87. The molecule has 1 amide bonds. The molecule has 0 radical (unpaired) electrons. The highest BCUT2D eigenvalue weighted by molar-refractivity contribution is 5.93. The van der Waals surface area contributed by atoms with Gasteiger partial charge < -0.3 is 10.2 Å². The predicted molar refractivity (Wildman–Crippen MR) is 78.2 cm³/mol. The third kappa shape index (κ3) is 4.35. The molecule has 1 aliphatic heterocycles. The van der Waals surface area contributed by atoms with Crippen molar-refractivity contribution in [3.63, 3.8) is 0 Å². The van der Waals surface area contributed by atoms with Crippen molar-refractivity contribution in [2.75, 3.05) is 26.7 Å². The van der Waals surface area contributed by atoms with Gasteiger partial charge >= 0.3 is 0 Å². The Morgan fingerprint density at radius 2 is 2.16 bits per heavy atom. The van der Waals surface area contributed by atoms with Gasteiger partial charge in [-0.25, -0.2) is 0 Å². The van der Waals surface area contributed by atoms with Crippen LogP contribution in [0, 0.1) is 5.92 Å². The Balaban J connectivity index is 1.72. The van der Waals surface area contributed by atoms with Crippen LogP contribution in [0.15, 0.2) is 30.3 Å². The number of nitrogens with zero attached hydrogens (tertiary/aromatic N) is 1. The minimum atomic E-state index is 0.127. The Labute approximate surface area is 116 Å². The molecule has 3 nitrogen and oxygen atoms in total. The van der Waals surface area contributed by atoms with Crippen LogP contribution in [-0.2, 0) is 0 Å². The SMILES string of the molecule is CN(CCCC1CCCNC1)C(=O)c1ccccc1. The van der Waals surface area contributed by atoms with Crippen LogP contribution in [0.4, 0.5) is 0 Å². The standard InChI is InChI=1S/C16H24N2O/c1-18(16(19)15-9-3-2-4-10-15)12-6-8-14-7-5-11-17-13-14/h2-4,9-10,14,17H,5-8,11-13H2,1H3. The Kier molecular flexibility index (Phi) is 5.40. The van der Waals surface area contributed by atoms with Gasteiger partial charge in [-0.2, -0.15) is 0 Å². The minimum absolute atomic E-state index is 0.127. The summed E-state index contributed by atoms with van der Waals surface area (Å²) >= 11 is 0. The number of carbonyl (C=O) groups is 1. The summed E-state index contributed by atoms with van der Waals surface area (Å²) in [4.78, 5) is 14.0. The molecule has 1 aliphatic rings. The van der Waals surface area contributed by atoms with Crippen molar-refractivity contribution in [2.45, 2.75) is 25.7 Å².